The average Bonchev–Trinajstić information content (AvgIpc) is 2.40. The number of anilines is 1. The molecule has 0 radical (unpaired) electrons. The second-order valence-corrected chi connectivity index (χ2v) is 3.95. The Labute approximate surface area is 105 Å². The van der Waals surface area contributed by atoms with E-state index in [1.165, 1.54) is 0 Å². The normalized spacial score (nSPS) is 13.3. The van der Waals surface area contributed by atoms with Crippen molar-refractivity contribution in [1.29, 1.82) is 0 Å². The van der Waals surface area contributed by atoms with Gasteiger partial charge >= 0.3 is 0 Å². The molecule has 0 aromatic heterocycles. The summed E-state index contributed by atoms with van der Waals surface area (Å²) in [5.74, 6) is 0.610. The van der Waals surface area contributed by atoms with Crippen LogP contribution in [-0.4, -0.2) is 6.02 Å². The third-order valence-corrected chi connectivity index (χ3v) is 2.67. The fraction of sp³-hybridized carbons (Fsp3) is 0. The molecular formula is C15H12N2O. The van der Waals surface area contributed by atoms with Gasteiger partial charge < -0.3 is 10.1 Å². The summed E-state index contributed by atoms with van der Waals surface area (Å²) < 4.78 is 5.56. The van der Waals surface area contributed by atoms with Crippen molar-refractivity contribution < 1.29 is 4.74 Å². The third-order valence-electron chi connectivity index (χ3n) is 2.67. The number of fused-ring (bicyclic) bond motifs is 1. The van der Waals surface area contributed by atoms with Gasteiger partial charge in [-0.2, -0.15) is 4.99 Å². The molecule has 88 valence electrons. The maximum Gasteiger partial charge on any atom is 0.300 e. The van der Waals surface area contributed by atoms with Gasteiger partial charge in [-0.15, -0.1) is 0 Å². The van der Waals surface area contributed by atoms with Crippen LogP contribution in [0.4, 0.5) is 11.4 Å². The molecule has 3 rings (SSSR count). The van der Waals surface area contributed by atoms with Crippen LogP contribution in [0.1, 0.15) is 5.56 Å². The van der Waals surface area contributed by atoms with Crippen LogP contribution in [0, 0.1) is 0 Å². The number of hydrogen-bond acceptors (Lipinski definition) is 3. The lowest BCUT2D eigenvalue weighted by Gasteiger charge is -2.18. The molecule has 1 N–H and O–H groups in total. The number of benzene rings is 2. The maximum atomic E-state index is 5.56. The molecule has 1 aliphatic rings. The summed E-state index contributed by atoms with van der Waals surface area (Å²) in [5.41, 5.74) is 2.73. The van der Waals surface area contributed by atoms with Crippen LogP contribution in [-0.2, 0) is 4.74 Å². The molecule has 0 saturated carbocycles. The fourth-order valence-electron chi connectivity index (χ4n) is 1.81. The quantitative estimate of drug-likeness (QED) is 0.817. The largest absolute Gasteiger partial charge is 0.426 e. The molecule has 18 heavy (non-hydrogen) atoms. The highest BCUT2D eigenvalue weighted by Crippen LogP contribution is 2.30. The molecule has 0 bridgehead atoms. The summed E-state index contributed by atoms with van der Waals surface area (Å²) in [6.45, 7) is 3.90. The van der Waals surface area contributed by atoms with Crippen molar-refractivity contribution in [2.45, 2.75) is 0 Å². The maximum absolute atomic E-state index is 5.56. The lowest BCUT2D eigenvalue weighted by Crippen LogP contribution is -2.17. The van der Waals surface area contributed by atoms with Crippen molar-refractivity contribution in [2.24, 2.45) is 4.99 Å². The van der Waals surface area contributed by atoms with Crippen LogP contribution in [0.5, 0.6) is 0 Å². The average molecular weight is 236 g/mol. The van der Waals surface area contributed by atoms with Gasteiger partial charge in [0.2, 0.25) is 0 Å². The van der Waals surface area contributed by atoms with E-state index < -0.39 is 0 Å². The van der Waals surface area contributed by atoms with Crippen LogP contribution in [0.15, 0.2) is 66.2 Å². The van der Waals surface area contributed by atoms with Crippen LogP contribution >= 0.6 is 0 Å². The standard InChI is InChI=1S/C15H12N2O/c1-11-13-9-5-6-10-14(13)17-15(18-11)16-12-7-3-2-4-8-12/h2-10H,1H2,(H,16,17). The molecule has 0 saturated heterocycles. The first kappa shape index (κ1) is 10.6. The number of hydrogen-bond donors (Lipinski definition) is 1. The molecule has 0 spiro atoms. The zero-order chi connectivity index (χ0) is 12.4. The van der Waals surface area contributed by atoms with E-state index in [2.05, 4.69) is 16.9 Å². The number of ether oxygens (including phenoxy) is 1. The second-order valence-electron chi connectivity index (χ2n) is 3.95. The van der Waals surface area contributed by atoms with Gasteiger partial charge in [0.25, 0.3) is 6.02 Å². The second kappa shape index (κ2) is 4.37. The molecule has 3 heteroatoms. The van der Waals surface area contributed by atoms with Gasteiger partial charge in [-0.05, 0) is 24.3 Å². The Morgan fingerprint density at radius 1 is 0.944 bits per heavy atom. The predicted molar refractivity (Wildman–Crippen MR) is 73.7 cm³/mol. The zero-order valence-corrected chi connectivity index (χ0v) is 9.76. The number of nitrogens with one attached hydrogen (secondary N) is 1. The highest BCUT2D eigenvalue weighted by molar-refractivity contribution is 5.97. The third kappa shape index (κ3) is 1.98. The molecule has 2 aromatic rings. The van der Waals surface area contributed by atoms with E-state index in [-0.39, 0.29) is 0 Å². The minimum absolute atomic E-state index is 0.449. The van der Waals surface area contributed by atoms with Crippen molar-refractivity contribution >= 4 is 23.2 Å². The molecule has 3 nitrogen and oxygen atoms in total. The van der Waals surface area contributed by atoms with Gasteiger partial charge in [0.15, 0.2) is 0 Å². The number of aliphatic imine (C=N–C) groups is 1. The van der Waals surface area contributed by atoms with Crippen molar-refractivity contribution in [3.63, 3.8) is 0 Å². The van der Waals surface area contributed by atoms with Crippen molar-refractivity contribution in [3.05, 3.63) is 66.7 Å². The van der Waals surface area contributed by atoms with Gasteiger partial charge in [0.1, 0.15) is 5.76 Å². The minimum Gasteiger partial charge on any atom is -0.426 e. The van der Waals surface area contributed by atoms with E-state index in [1.54, 1.807) is 0 Å². The first-order valence-corrected chi connectivity index (χ1v) is 5.70. The number of nitrogens with zero attached hydrogens (tertiary/aromatic N) is 1. The van der Waals surface area contributed by atoms with Gasteiger partial charge in [-0.3, -0.25) is 0 Å². The number of rotatable bonds is 1. The lowest BCUT2D eigenvalue weighted by molar-refractivity contribution is 0.502. The van der Waals surface area contributed by atoms with Crippen molar-refractivity contribution in [2.75, 3.05) is 5.32 Å². The minimum atomic E-state index is 0.449. The molecule has 0 atom stereocenters. The van der Waals surface area contributed by atoms with Crippen LogP contribution in [0.25, 0.3) is 5.76 Å². The van der Waals surface area contributed by atoms with E-state index in [1.807, 2.05) is 54.6 Å². The highest BCUT2D eigenvalue weighted by Gasteiger charge is 2.16. The summed E-state index contributed by atoms with van der Waals surface area (Å²) in [7, 11) is 0. The topological polar surface area (TPSA) is 33.6 Å². The summed E-state index contributed by atoms with van der Waals surface area (Å²) in [6.07, 6.45) is 0. The SMILES string of the molecule is C=C1OC(Nc2ccccc2)=Nc2ccccc21. The number of para-hydroxylation sites is 2. The van der Waals surface area contributed by atoms with Gasteiger partial charge in [-0.1, -0.05) is 36.9 Å². The highest BCUT2D eigenvalue weighted by atomic mass is 16.5. The monoisotopic (exact) mass is 236 g/mol. The molecule has 0 aliphatic carbocycles. The van der Waals surface area contributed by atoms with Gasteiger partial charge in [0.05, 0.1) is 5.69 Å². The molecule has 0 unspecified atom stereocenters. The molecule has 0 amide bonds. The van der Waals surface area contributed by atoms with Crippen LogP contribution in [0.3, 0.4) is 0 Å². The van der Waals surface area contributed by atoms with Crippen LogP contribution < -0.4 is 5.32 Å². The molecule has 1 heterocycles. The first-order chi connectivity index (χ1) is 8.83. The zero-order valence-electron chi connectivity index (χ0n) is 9.76. The predicted octanol–water partition coefficient (Wildman–Crippen LogP) is 3.79. The lowest BCUT2D eigenvalue weighted by atomic mass is 10.1. The molecular weight excluding hydrogens is 224 g/mol. The van der Waals surface area contributed by atoms with Gasteiger partial charge in [-0.25, -0.2) is 0 Å². The van der Waals surface area contributed by atoms with Crippen molar-refractivity contribution in [1.82, 2.24) is 0 Å². The number of amidine groups is 1. The van der Waals surface area contributed by atoms with Crippen molar-refractivity contribution in [3.8, 4) is 0 Å². The van der Waals surface area contributed by atoms with Gasteiger partial charge in [0, 0.05) is 11.3 Å². The summed E-state index contributed by atoms with van der Waals surface area (Å²) in [5, 5.41) is 3.12. The van der Waals surface area contributed by atoms with E-state index in [4.69, 9.17) is 4.74 Å². The Morgan fingerprint density at radius 3 is 2.50 bits per heavy atom. The Kier molecular flexibility index (Phi) is 2.57. The van der Waals surface area contributed by atoms with E-state index in [0.717, 1.165) is 16.9 Å². The van der Waals surface area contributed by atoms with Crippen LogP contribution in [0.2, 0.25) is 0 Å². The first-order valence-electron chi connectivity index (χ1n) is 5.70. The molecule has 0 fully saturated rings. The Hall–Kier alpha value is -2.55. The Balaban J connectivity index is 1.92. The molecule has 1 aliphatic heterocycles. The fourth-order valence-corrected chi connectivity index (χ4v) is 1.81. The smallest absolute Gasteiger partial charge is 0.300 e. The molecule has 2 aromatic carbocycles. The van der Waals surface area contributed by atoms with E-state index in [9.17, 15) is 0 Å². The van der Waals surface area contributed by atoms with E-state index in [0.29, 0.717) is 11.8 Å². The summed E-state index contributed by atoms with van der Waals surface area (Å²) >= 11 is 0. The van der Waals surface area contributed by atoms with E-state index >= 15 is 0 Å². The summed E-state index contributed by atoms with van der Waals surface area (Å²) in [6, 6.07) is 18.0. The Bertz CT molecular complexity index is 617. The Morgan fingerprint density at radius 2 is 1.67 bits per heavy atom. The summed E-state index contributed by atoms with van der Waals surface area (Å²) in [4.78, 5) is 4.41.